The van der Waals surface area contributed by atoms with Crippen molar-refractivity contribution in [3.05, 3.63) is 144 Å². The number of hydrogen-bond donors (Lipinski definition) is 1. The molecule has 244 valence electrons. The van der Waals surface area contributed by atoms with Crippen LogP contribution < -0.4 is 14.8 Å². The standard InChI is InChI=1S/C39H42N2O6/c1-27-35(40-23-29-11-7-5-8-12-29)37(46-26-32-17-21-34(44-4)22-18-32)39(36(27)45-25-31-15-19-33(43-3)20-16-31)28(2)47-38(42)41(39)24-30-13-9-6-10-14-30/h5-22,28,35-37,40H,1,23-26H2,2-4H3/t28-,35+,36-,37-,39+/m1/s1. The zero-order valence-corrected chi connectivity index (χ0v) is 27.1. The highest BCUT2D eigenvalue weighted by molar-refractivity contribution is 5.73. The van der Waals surface area contributed by atoms with Crippen LogP contribution in [-0.2, 0) is 40.5 Å². The van der Waals surface area contributed by atoms with Crippen molar-refractivity contribution in [2.45, 2.75) is 63.1 Å². The first-order valence-electron chi connectivity index (χ1n) is 15.9. The van der Waals surface area contributed by atoms with Crippen molar-refractivity contribution in [1.82, 2.24) is 10.2 Å². The van der Waals surface area contributed by atoms with E-state index in [9.17, 15) is 4.79 Å². The zero-order chi connectivity index (χ0) is 32.8. The summed E-state index contributed by atoms with van der Waals surface area (Å²) in [5.41, 5.74) is 3.82. The smallest absolute Gasteiger partial charge is 0.411 e. The number of amides is 1. The van der Waals surface area contributed by atoms with Crippen LogP contribution in [-0.4, -0.2) is 55.1 Å². The number of carbonyl (C=O) groups excluding carboxylic acids is 1. The van der Waals surface area contributed by atoms with Crippen molar-refractivity contribution >= 4 is 6.09 Å². The molecular formula is C39H42N2O6. The molecule has 1 aliphatic carbocycles. The summed E-state index contributed by atoms with van der Waals surface area (Å²) in [6.45, 7) is 8.06. The van der Waals surface area contributed by atoms with Gasteiger partial charge in [0.15, 0.2) is 0 Å². The summed E-state index contributed by atoms with van der Waals surface area (Å²) in [7, 11) is 3.29. The van der Waals surface area contributed by atoms with Crippen molar-refractivity contribution in [3.63, 3.8) is 0 Å². The minimum absolute atomic E-state index is 0.298. The lowest BCUT2D eigenvalue weighted by Crippen LogP contribution is -2.64. The van der Waals surface area contributed by atoms with Gasteiger partial charge >= 0.3 is 6.09 Å². The maximum Gasteiger partial charge on any atom is 0.411 e. The molecule has 0 radical (unpaired) electrons. The van der Waals surface area contributed by atoms with E-state index in [0.717, 1.165) is 39.3 Å². The van der Waals surface area contributed by atoms with Crippen molar-refractivity contribution < 1.29 is 28.5 Å². The van der Waals surface area contributed by atoms with Gasteiger partial charge in [-0.15, -0.1) is 0 Å². The second-order valence-electron chi connectivity index (χ2n) is 12.0. The van der Waals surface area contributed by atoms with E-state index in [4.69, 9.17) is 23.7 Å². The van der Waals surface area contributed by atoms with Crippen LogP contribution in [0.1, 0.15) is 29.2 Å². The molecule has 1 saturated heterocycles. The Balaban J connectivity index is 1.40. The molecule has 0 unspecified atom stereocenters. The first-order valence-corrected chi connectivity index (χ1v) is 15.9. The lowest BCUT2D eigenvalue weighted by Gasteiger charge is -2.43. The van der Waals surface area contributed by atoms with Gasteiger partial charge in [-0.05, 0) is 59.0 Å². The van der Waals surface area contributed by atoms with Gasteiger partial charge in [-0.25, -0.2) is 4.79 Å². The summed E-state index contributed by atoms with van der Waals surface area (Å²) in [6.07, 6.45) is -2.15. The third-order valence-electron chi connectivity index (χ3n) is 9.25. The van der Waals surface area contributed by atoms with Gasteiger partial charge in [-0.2, -0.15) is 0 Å². The van der Waals surface area contributed by atoms with Crippen LogP contribution in [0.25, 0.3) is 0 Å². The van der Waals surface area contributed by atoms with E-state index in [0.29, 0.717) is 26.3 Å². The SMILES string of the molecule is C=C1[C@@H](OCc2ccc(OC)cc2)[C@]2([C@H](OCc3ccc(OC)cc3)[C@H]1NCc1ccccc1)[C@@H](C)OC(=O)N2Cc1ccccc1. The number of cyclic esters (lactones) is 1. The summed E-state index contributed by atoms with van der Waals surface area (Å²) >= 11 is 0. The van der Waals surface area contributed by atoms with Crippen molar-refractivity contribution in [2.24, 2.45) is 0 Å². The van der Waals surface area contributed by atoms with E-state index < -0.39 is 29.9 Å². The highest BCUT2D eigenvalue weighted by Gasteiger charge is 2.70. The van der Waals surface area contributed by atoms with Gasteiger partial charge in [0, 0.05) is 13.1 Å². The van der Waals surface area contributed by atoms with Crippen molar-refractivity contribution in [2.75, 3.05) is 14.2 Å². The normalized spacial score (nSPS) is 23.7. The van der Waals surface area contributed by atoms with Crippen molar-refractivity contribution in [3.8, 4) is 11.5 Å². The zero-order valence-electron chi connectivity index (χ0n) is 27.1. The number of hydrogen-bond acceptors (Lipinski definition) is 7. The van der Waals surface area contributed by atoms with E-state index in [1.165, 1.54) is 0 Å². The van der Waals surface area contributed by atoms with Gasteiger partial charge in [0.25, 0.3) is 0 Å². The lowest BCUT2D eigenvalue weighted by atomic mass is 9.84. The van der Waals surface area contributed by atoms with E-state index in [-0.39, 0.29) is 6.04 Å². The average molecular weight is 635 g/mol. The fraction of sp³-hybridized carbons (Fsp3) is 0.308. The number of nitrogens with zero attached hydrogens (tertiary/aromatic N) is 1. The second-order valence-corrected chi connectivity index (χ2v) is 12.0. The highest BCUT2D eigenvalue weighted by atomic mass is 16.6. The summed E-state index contributed by atoms with van der Waals surface area (Å²) in [5, 5.41) is 3.73. The molecule has 0 aromatic heterocycles. The number of carbonyl (C=O) groups is 1. The highest BCUT2D eigenvalue weighted by Crippen LogP contribution is 2.50. The van der Waals surface area contributed by atoms with Crippen LogP contribution in [0.3, 0.4) is 0 Å². The summed E-state index contributed by atoms with van der Waals surface area (Å²) < 4.78 is 30.6. The fourth-order valence-corrected chi connectivity index (χ4v) is 6.81. The molecule has 1 saturated carbocycles. The van der Waals surface area contributed by atoms with Crippen LogP contribution in [0.15, 0.2) is 121 Å². The first kappa shape index (κ1) is 32.3. The average Bonchev–Trinajstić information content (AvgIpc) is 3.50. The molecule has 1 heterocycles. The molecule has 0 bridgehead atoms. The Labute approximate surface area is 276 Å². The maximum atomic E-state index is 13.8. The molecule has 1 aliphatic heterocycles. The summed E-state index contributed by atoms with van der Waals surface area (Å²) in [5.74, 6) is 1.54. The third-order valence-corrected chi connectivity index (χ3v) is 9.25. The van der Waals surface area contributed by atoms with Gasteiger partial charge in [0.1, 0.15) is 35.3 Å². The van der Waals surface area contributed by atoms with E-state index in [1.807, 2.05) is 104 Å². The van der Waals surface area contributed by atoms with Crippen LogP contribution >= 0.6 is 0 Å². The van der Waals surface area contributed by atoms with Crippen LogP contribution in [0.2, 0.25) is 0 Å². The van der Waals surface area contributed by atoms with Gasteiger partial charge in [0.05, 0.1) is 33.5 Å². The summed E-state index contributed by atoms with van der Waals surface area (Å²) in [4.78, 5) is 15.6. The summed E-state index contributed by atoms with van der Waals surface area (Å²) in [6, 6.07) is 35.4. The number of nitrogens with one attached hydrogen (secondary N) is 1. The van der Waals surface area contributed by atoms with Crippen LogP contribution in [0.5, 0.6) is 11.5 Å². The Bertz CT molecular complexity index is 1630. The van der Waals surface area contributed by atoms with Gasteiger partial charge in [-0.3, -0.25) is 4.90 Å². The Hall–Kier alpha value is -4.63. The molecule has 6 rings (SSSR count). The molecule has 1 N–H and O–H groups in total. The number of benzene rings is 4. The second kappa shape index (κ2) is 14.4. The number of rotatable bonds is 13. The Kier molecular flexibility index (Phi) is 9.92. The maximum absolute atomic E-state index is 13.8. The molecule has 4 aromatic rings. The Morgan fingerprint density at radius 1 is 0.745 bits per heavy atom. The van der Waals surface area contributed by atoms with Gasteiger partial charge in [0.2, 0.25) is 0 Å². The number of methoxy groups -OCH3 is 2. The molecule has 4 aromatic carbocycles. The number of ether oxygens (including phenoxy) is 5. The topological polar surface area (TPSA) is 78.5 Å². The largest absolute Gasteiger partial charge is 0.497 e. The Morgan fingerprint density at radius 3 is 1.83 bits per heavy atom. The third kappa shape index (κ3) is 6.63. The predicted molar refractivity (Wildman–Crippen MR) is 180 cm³/mol. The minimum Gasteiger partial charge on any atom is -0.497 e. The lowest BCUT2D eigenvalue weighted by molar-refractivity contribution is -0.118. The fourth-order valence-electron chi connectivity index (χ4n) is 6.81. The van der Waals surface area contributed by atoms with Crippen LogP contribution in [0.4, 0.5) is 4.79 Å². The van der Waals surface area contributed by atoms with Gasteiger partial charge in [-0.1, -0.05) is 91.5 Å². The molecule has 8 heteroatoms. The Morgan fingerprint density at radius 2 is 1.28 bits per heavy atom. The van der Waals surface area contributed by atoms with Crippen LogP contribution in [0, 0.1) is 0 Å². The first-order chi connectivity index (χ1) is 22.9. The minimum atomic E-state index is -1.03. The molecule has 2 aliphatic rings. The molecule has 1 spiro atoms. The predicted octanol–water partition coefficient (Wildman–Crippen LogP) is 6.68. The molecule has 5 atom stereocenters. The van der Waals surface area contributed by atoms with Gasteiger partial charge < -0.3 is 29.0 Å². The quantitative estimate of drug-likeness (QED) is 0.164. The van der Waals surface area contributed by atoms with E-state index >= 15 is 0 Å². The van der Waals surface area contributed by atoms with Crippen molar-refractivity contribution in [1.29, 1.82) is 0 Å². The molecule has 47 heavy (non-hydrogen) atoms. The van der Waals surface area contributed by atoms with E-state index in [2.05, 4.69) is 24.0 Å². The monoisotopic (exact) mass is 634 g/mol. The molecule has 1 amide bonds. The van der Waals surface area contributed by atoms with E-state index in [1.54, 1.807) is 19.1 Å². The molecular weight excluding hydrogens is 592 g/mol. The molecule has 2 fully saturated rings. The molecule has 8 nitrogen and oxygen atoms in total.